The van der Waals surface area contributed by atoms with Crippen molar-refractivity contribution in [2.24, 2.45) is 5.92 Å². The Kier molecular flexibility index (Phi) is 14.9. The van der Waals surface area contributed by atoms with Gasteiger partial charge in [-0.1, -0.05) is 50.6 Å². The minimum Gasteiger partial charge on any atom is -0.376 e. The van der Waals surface area contributed by atoms with Crippen LogP contribution in [0.5, 0.6) is 0 Å². The molecule has 0 aliphatic carbocycles. The molecule has 13 heteroatoms. The molecule has 6 N–H and O–H groups in total. The summed E-state index contributed by atoms with van der Waals surface area (Å²) in [4.78, 5) is 72.9. The Morgan fingerprint density at radius 1 is 0.786 bits per heavy atom. The molecule has 13 nitrogen and oxygen atoms in total. The zero-order valence-electron chi connectivity index (χ0n) is 24.2. The summed E-state index contributed by atoms with van der Waals surface area (Å²) in [5.41, 5.74) is 0.856. The third kappa shape index (κ3) is 13.5. The molecule has 1 aliphatic rings. The lowest BCUT2D eigenvalue weighted by Crippen LogP contribution is -2.54. The molecular weight excluding hydrogens is 544 g/mol. The van der Waals surface area contributed by atoms with Crippen molar-refractivity contribution in [1.29, 1.82) is 0 Å². The number of carbonyl (C=O) groups is 6. The van der Waals surface area contributed by atoms with E-state index in [4.69, 9.17) is 0 Å². The Hall–Kier alpha value is -4.10. The third-order valence-electron chi connectivity index (χ3n) is 6.28. The van der Waals surface area contributed by atoms with Crippen molar-refractivity contribution in [1.82, 2.24) is 31.5 Å². The normalized spacial score (nSPS) is 14.0. The Labute approximate surface area is 245 Å². The zero-order chi connectivity index (χ0) is 30.9. The van der Waals surface area contributed by atoms with Crippen molar-refractivity contribution in [3.05, 3.63) is 48.0 Å². The van der Waals surface area contributed by atoms with E-state index in [1.54, 1.807) is 0 Å². The van der Waals surface area contributed by atoms with E-state index >= 15 is 0 Å². The number of aliphatic hydroxyl groups excluding tert-OH is 1. The first-order valence-corrected chi connectivity index (χ1v) is 14.1. The van der Waals surface area contributed by atoms with Crippen LogP contribution < -0.4 is 26.6 Å². The Morgan fingerprint density at radius 3 is 2.07 bits per heavy atom. The molecule has 0 bridgehead atoms. The number of hydrogen-bond donors (Lipinski definition) is 6. The lowest BCUT2D eigenvalue weighted by molar-refractivity contribution is -0.137. The molecule has 230 valence electrons. The standard InChI is InChI=1S/C29H42N6O7/c1-20(2)16-30-25(38)18-33-29(42)22(15-21-9-5-3-6-10-21)34-26(39)19-32-24(37)17-31-23(36)11-7-4-8-14-35-27(40)12-13-28(35)41/h3,5-6,9-10,12-13,20,22,29,33,42H,4,7-8,11,14-19H2,1-2H3,(H,30,38)(H,31,36)(H,32,37)(H,34,39)/t22-,29?/m0/s1. The second-order valence-electron chi connectivity index (χ2n) is 10.4. The van der Waals surface area contributed by atoms with Crippen LogP contribution in [0.3, 0.4) is 0 Å². The second kappa shape index (κ2) is 18.4. The Bertz CT molecular complexity index is 1090. The summed E-state index contributed by atoms with van der Waals surface area (Å²) in [7, 11) is 0. The van der Waals surface area contributed by atoms with Gasteiger partial charge in [0.15, 0.2) is 0 Å². The number of amides is 6. The molecule has 1 aromatic carbocycles. The van der Waals surface area contributed by atoms with Crippen molar-refractivity contribution in [2.45, 2.75) is 58.2 Å². The fourth-order valence-corrected chi connectivity index (χ4v) is 3.98. The largest absolute Gasteiger partial charge is 0.376 e. The molecule has 2 rings (SSSR count). The topological polar surface area (TPSA) is 186 Å². The summed E-state index contributed by atoms with van der Waals surface area (Å²) in [5, 5.41) is 23.8. The van der Waals surface area contributed by atoms with Gasteiger partial charge in [0.05, 0.1) is 25.7 Å². The van der Waals surface area contributed by atoms with Crippen LogP contribution in [-0.4, -0.2) is 90.4 Å². The Balaban J connectivity index is 1.69. The maximum Gasteiger partial charge on any atom is 0.253 e. The maximum atomic E-state index is 12.6. The third-order valence-corrected chi connectivity index (χ3v) is 6.28. The van der Waals surface area contributed by atoms with Crippen LogP contribution in [0.4, 0.5) is 0 Å². The van der Waals surface area contributed by atoms with Gasteiger partial charge in [0, 0.05) is 31.7 Å². The van der Waals surface area contributed by atoms with E-state index in [-0.39, 0.29) is 62.0 Å². The number of aliphatic hydroxyl groups is 1. The number of rotatable bonds is 19. The summed E-state index contributed by atoms with van der Waals surface area (Å²) < 4.78 is 0. The zero-order valence-corrected chi connectivity index (χ0v) is 24.2. The van der Waals surface area contributed by atoms with E-state index in [0.29, 0.717) is 32.4 Å². The summed E-state index contributed by atoms with van der Waals surface area (Å²) in [6, 6.07) is 8.42. The predicted molar refractivity (Wildman–Crippen MR) is 154 cm³/mol. The molecule has 0 aromatic heterocycles. The molecule has 42 heavy (non-hydrogen) atoms. The van der Waals surface area contributed by atoms with Gasteiger partial charge in [-0.25, -0.2) is 0 Å². The van der Waals surface area contributed by atoms with E-state index in [0.717, 1.165) is 10.5 Å². The quantitative estimate of drug-likeness (QED) is 0.0685. The second-order valence-corrected chi connectivity index (χ2v) is 10.4. The molecule has 0 saturated heterocycles. The van der Waals surface area contributed by atoms with Gasteiger partial charge in [-0.15, -0.1) is 0 Å². The molecule has 0 saturated carbocycles. The summed E-state index contributed by atoms with van der Waals surface area (Å²) in [6.45, 7) is 3.92. The molecular formula is C29H42N6O7. The molecule has 6 amide bonds. The number of unbranched alkanes of at least 4 members (excludes halogenated alkanes) is 2. The van der Waals surface area contributed by atoms with Crippen LogP contribution in [0.25, 0.3) is 0 Å². The molecule has 1 aliphatic heterocycles. The number of carbonyl (C=O) groups excluding carboxylic acids is 6. The molecule has 0 spiro atoms. The van der Waals surface area contributed by atoms with Crippen LogP contribution in [-0.2, 0) is 35.2 Å². The van der Waals surface area contributed by atoms with Crippen molar-refractivity contribution < 1.29 is 33.9 Å². The first kappa shape index (κ1) is 34.1. The van der Waals surface area contributed by atoms with Crippen LogP contribution in [0, 0.1) is 5.92 Å². The highest BCUT2D eigenvalue weighted by atomic mass is 16.3. The van der Waals surface area contributed by atoms with Gasteiger partial charge < -0.3 is 26.4 Å². The van der Waals surface area contributed by atoms with Gasteiger partial charge in [-0.2, -0.15) is 0 Å². The van der Waals surface area contributed by atoms with Gasteiger partial charge in [-0.05, 0) is 30.7 Å². The highest BCUT2D eigenvalue weighted by molar-refractivity contribution is 6.12. The van der Waals surface area contributed by atoms with Gasteiger partial charge >= 0.3 is 0 Å². The lowest BCUT2D eigenvalue weighted by atomic mass is 10.0. The van der Waals surface area contributed by atoms with Crippen LogP contribution >= 0.6 is 0 Å². The lowest BCUT2D eigenvalue weighted by Gasteiger charge is -2.25. The molecule has 2 atom stereocenters. The average molecular weight is 587 g/mol. The first-order chi connectivity index (χ1) is 20.0. The molecule has 1 unspecified atom stereocenters. The van der Waals surface area contributed by atoms with Gasteiger partial charge in [-0.3, -0.25) is 39.0 Å². The molecule has 1 heterocycles. The maximum absolute atomic E-state index is 12.6. The van der Waals surface area contributed by atoms with Crippen LogP contribution in [0.15, 0.2) is 42.5 Å². The van der Waals surface area contributed by atoms with E-state index in [9.17, 15) is 33.9 Å². The summed E-state index contributed by atoms with van der Waals surface area (Å²) >= 11 is 0. The number of benzene rings is 1. The summed E-state index contributed by atoms with van der Waals surface area (Å²) in [6.07, 6.45) is 3.40. The van der Waals surface area contributed by atoms with E-state index in [1.165, 1.54) is 12.2 Å². The van der Waals surface area contributed by atoms with Gasteiger partial charge in [0.2, 0.25) is 23.6 Å². The molecule has 0 radical (unpaired) electrons. The van der Waals surface area contributed by atoms with Crippen LogP contribution in [0.2, 0.25) is 0 Å². The van der Waals surface area contributed by atoms with E-state index in [1.807, 2.05) is 44.2 Å². The number of nitrogens with zero attached hydrogens (tertiary/aromatic N) is 1. The summed E-state index contributed by atoms with van der Waals surface area (Å²) in [5.74, 6) is -2.11. The molecule has 1 aromatic rings. The van der Waals surface area contributed by atoms with Crippen molar-refractivity contribution in [2.75, 3.05) is 32.7 Å². The highest BCUT2D eigenvalue weighted by Gasteiger charge is 2.23. The van der Waals surface area contributed by atoms with E-state index < -0.39 is 24.1 Å². The fourth-order valence-electron chi connectivity index (χ4n) is 3.98. The van der Waals surface area contributed by atoms with E-state index in [2.05, 4.69) is 26.6 Å². The number of nitrogens with one attached hydrogen (secondary N) is 5. The average Bonchev–Trinajstić information content (AvgIpc) is 3.28. The van der Waals surface area contributed by atoms with Gasteiger partial charge in [0.25, 0.3) is 11.8 Å². The van der Waals surface area contributed by atoms with Crippen molar-refractivity contribution >= 4 is 35.4 Å². The van der Waals surface area contributed by atoms with Gasteiger partial charge in [0.1, 0.15) is 6.23 Å². The fraction of sp³-hybridized carbons (Fsp3) is 0.517. The number of hydrogen-bond acceptors (Lipinski definition) is 8. The number of imide groups is 1. The smallest absolute Gasteiger partial charge is 0.253 e. The van der Waals surface area contributed by atoms with Crippen molar-refractivity contribution in [3.8, 4) is 0 Å². The predicted octanol–water partition coefficient (Wildman–Crippen LogP) is -0.888. The first-order valence-electron chi connectivity index (χ1n) is 14.1. The van der Waals surface area contributed by atoms with Crippen molar-refractivity contribution in [3.63, 3.8) is 0 Å². The monoisotopic (exact) mass is 586 g/mol. The Morgan fingerprint density at radius 2 is 1.40 bits per heavy atom. The minimum atomic E-state index is -1.23. The molecule has 0 fully saturated rings. The highest BCUT2D eigenvalue weighted by Crippen LogP contribution is 2.08. The van der Waals surface area contributed by atoms with Crippen LogP contribution in [0.1, 0.15) is 45.1 Å². The SMILES string of the molecule is CC(C)CNC(=O)CNC(O)[C@H](Cc1ccccc1)NC(=O)CNC(=O)CNC(=O)CCCCCN1C(=O)C=CC1=O. The minimum absolute atomic E-state index is 0.138.